The van der Waals surface area contributed by atoms with Gasteiger partial charge in [0, 0.05) is 38.4 Å². The van der Waals surface area contributed by atoms with Crippen LogP contribution < -0.4 is 9.64 Å². The highest BCUT2D eigenvalue weighted by Gasteiger charge is 2.20. The summed E-state index contributed by atoms with van der Waals surface area (Å²) in [6, 6.07) is 12.6. The zero-order chi connectivity index (χ0) is 21.6. The number of rotatable bonds is 8. The second kappa shape index (κ2) is 10.4. The van der Waals surface area contributed by atoms with Gasteiger partial charge in [-0.3, -0.25) is 4.79 Å². The lowest BCUT2D eigenvalue weighted by molar-refractivity contribution is -0.157. The van der Waals surface area contributed by atoms with E-state index in [0.29, 0.717) is 17.3 Å². The highest BCUT2D eigenvalue weighted by Crippen LogP contribution is 2.28. The number of benzene rings is 2. The van der Waals surface area contributed by atoms with Gasteiger partial charge < -0.3 is 19.3 Å². The van der Waals surface area contributed by atoms with Gasteiger partial charge in [0.25, 0.3) is 5.91 Å². The zero-order valence-corrected chi connectivity index (χ0v) is 18.3. The maximum atomic E-state index is 12.3. The molecular formula is C21H24Cl2N2O4. The molecule has 0 spiro atoms. The minimum atomic E-state index is -0.926. The fourth-order valence-corrected chi connectivity index (χ4v) is 2.88. The number of carbonyl (C=O) groups is 2. The summed E-state index contributed by atoms with van der Waals surface area (Å²) in [6.45, 7) is 1.57. The highest BCUT2D eigenvalue weighted by atomic mass is 35.5. The van der Waals surface area contributed by atoms with Crippen LogP contribution in [-0.4, -0.2) is 50.6 Å². The normalized spacial score (nSPS) is 11.5. The molecule has 8 heteroatoms. The molecule has 0 fully saturated rings. The van der Waals surface area contributed by atoms with Crippen molar-refractivity contribution in [1.29, 1.82) is 0 Å². The molecule has 0 N–H and O–H groups in total. The number of halogens is 2. The summed E-state index contributed by atoms with van der Waals surface area (Å²) >= 11 is 11.9. The first-order chi connectivity index (χ1) is 13.7. The molecule has 2 rings (SSSR count). The largest absolute Gasteiger partial charge is 0.477 e. The van der Waals surface area contributed by atoms with Gasteiger partial charge in [-0.05, 0) is 42.8 Å². The van der Waals surface area contributed by atoms with Crippen LogP contribution >= 0.6 is 23.2 Å². The van der Waals surface area contributed by atoms with Gasteiger partial charge in [0.2, 0.25) is 0 Å². The molecule has 2 aromatic carbocycles. The third-order valence-corrected chi connectivity index (χ3v) is 4.70. The van der Waals surface area contributed by atoms with Crippen LogP contribution in [0.1, 0.15) is 12.5 Å². The molecule has 0 aliphatic carbocycles. The molecule has 0 saturated heterocycles. The van der Waals surface area contributed by atoms with Gasteiger partial charge in [0.15, 0.2) is 12.7 Å². The van der Waals surface area contributed by atoms with E-state index in [-0.39, 0.29) is 17.5 Å². The molecule has 29 heavy (non-hydrogen) atoms. The van der Waals surface area contributed by atoms with Crippen LogP contribution in [0.3, 0.4) is 0 Å². The summed E-state index contributed by atoms with van der Waals surface area (Å²) in [5, 5.41) is 0.746. The number of nitrogens with zero attached hydrogens (tertiary/aromatic N) is 2. The van der Waals surface area contributed by atoms with Gasteiger partial charge >= 0.3 is 5.97 Å². The minimum Gasteiger partial charge on any atom is -0.477 e. The molecule has 0 bridgehead atoms. The summed E-state index contributed by atoms with van der Waals surface area (Å²) in [5.74, 6) is -0.662. The van der Waals surface area contributed by atoms with Crippen LogP contribution in [0.5, 0.6) is 5.75 Å². The van der Waals surface area contributed by atoms with Crippen LogP contribution in [0.15, 0.2) is 42.5 Å². The first kappa shape index (κ1) is 22.8. The van der Waals surface area contributed by atoms with Crippen molar-refractivity contribution in [3.63, 3.8) is 0 Å². The molecule has 0 heterocycles. The number of amides is 1. The molecule has 1 unspecified atom stereocenters. The maximum absolute atomic E-state index is 12.3. The third-order valence-electron chi connectivity index (χ3n) is 4.17. The van der Waals surface area contributed by atoms with Crippen LogP contribution in [0, 0.1) is 0 Å². The van der Waals surface area contributed by atoms with Gasteiger partial charge in [0.1, 0.15) is 5.75 Å². The van der Waals surface area contributed by atoms with Crippen LogP contribution in [0.4, 0.5) is 5.69 Å². The summed E-state index contributed by atoms with van der Waals surface area (Å²) in [4.78, 5) is 27.9. The Labute approximate surface area is 180 Å². The molecule has 6 nitrogen and oxygen atoms in total. The fraction of sp³-hybridized carbons (Fsp3) is 0.333. The van der Waals surface area contributed by atoms with Crippen LogP contribution in [-0.2, 0) is 20.9 Å². The molecule has 2 aromatic rings. The van der Waals surface area contributed by atoms with E-state index < -0.39 is 12.1 Å². The van der Waals surface area contributed by atoms with Gasteiger partial charge in [0.05, 0.1) is 5.02 Å². The van der Waals surface area contributed by atoms with Crippen molar-refractivity contribution in [2.24, 2.45) is 0 Å². The predicted molar refractivity (Wildman–Crippen MR) is 115 cm³/mol. The summed E-state index contributed by atoms with van der Waals surface area (Å²) in [6.07, 6.45) is -0.926. The minimum absolute atomic E-state index is 0.285. The van der Waals surface area contributed by atoms with Crippen molar-refractivity contribution in [2.75, 3.05) is 32.6 Å². The smallest absolute Gasteiger partial charge is 0.347 e. The fourth-order valence-electron chi connectivity index (χ4n) is 2.43. The van der Waals surface area contributed by atoms with Gasteiger partial charge in [-0.2, -0.15) is 0 Å². The Morgan fingerprint density at radius 1 is 1.03 bits per heavy atom. The number of hydrogen-bond donors (Lipinski definition) is 0. The Balaban J connectivity index is 1.82. The average Bonchev–Trinajstić information content (AvgIpc) is 2.68. The SMILES string of the molecule is CC(Oc1ccc(Cl)cc1Cl)C(=O)OCC(=O)N(C)Cc1ccc(N(C)C)cc1. The molecule has 0 aliphatic rings. The first-order valence-corrected chi connectivity index (χ1v) is 9.71. The Bertz CT molecular complexity index is 856. The Hall–Kier alpha value is -2.44. The lowest BCUT2D eigenvalue weighted by atomic mass is 10.2. The maximum Gasteiger partial charge on any atom is 0.347 e. The average molecular weight is 439 g/mol. The molecular weight excluding hydrogens is 415 g/mol. The first-order valence-electron chi connectivity index (χ1n) is 8.96. The van der Waals surface area contributed by atoms with E-state index in [1.54, 1.807) is 19.2 Å². The van der Waals surface area contributed by atoms with Crippen molar-refractivity contribution in [1.82, 2.24) is 4.90 Å². The van der Waals surface area contributed by atoms with E-state index in [2.05, 4.69) is 0 Å². The van der Waals surface area contributed by atoms with Crippen molar-refractivity contribution in [3.05, 3.63) is 58.1 Å². The number of hydrogen-bond acceptors (Lipinski definition) is 5. The summed E-state index contributed by atoms with van der Waals surface area (Å²) in [5.41, 5.74) is 2.05. The van der Waals surface area contributed by atoms with Crippen molar-refractivity contribution < 1.29 is 19.1 Å². The van der Waals surface area contributed by atoms with Gasteiger partial charge in [-0.15, -0.1) is 0 Å². The Morgan fingerprint density at radius 2 is 1.69 bits per heavy atom. The second-order valence-electron chi connectivity index (χ2n) is 6.75. The zero-order valence-electron chi connectivity index (χ0n) is 16.8. The summed E-state index contributed by atoms with van der Waals surface area (Å²) < 4.78 is 10.6. The Kier molecular flexibility index (Phi) is 8.17. The van der Waals surface area contributed by atoms with Crippen molar-refractivity contribution in [3.8, 4) is 5.75 Å². The van der Waals surface area contributed by atoms with E-state index in [1.807, 2.05) is 43.3 Å². The number of carbonyl (C=O) groups excluding carboxylic acids is 2. The van der Waals surface area contributed by atoms with E-state index in [1.165, 1.54) is 17.9 Å². The second-order valence-corrected chi connectivity index (χ2v) is 7.60. The standard InChI is InChI=1S/C21H24Cl2N2O4/c1-14(29-19-10-7-16(22)11-18(19)23)21(27)28-13-20(26)25(4)12-15-5-8-17(9-6-15)24(2)3/h5-11,14H,12-13H2,1-4H3. The Morgan fingerprint density at radius 3 is 2.28 bits per heavy atom. The molecule has 1 atom stereocenters. The molecule has 0 saturated carbocycles. The summed E-state index contributed by atoms with van der Waals surface area (Å²) in [7, 11) is 5.58. The lowest BCUT2D eigenvalue weighted by Crippen LogP contribution is -2.34. The third kappa shape index (κ3) is 6.84. The van der Waals surface area contributed by atoms with E-state index in [9.17, 15) is 9.59 Å². The van der Waals surface area contributed by atoms with Crippen LogP contribution in [0.25, 0.3) is 0 Å². The predicted octanol–water partition coefficient (Wildman–Crippen LogP) is 4.03. The monoisotopic (exact) mass is 438 g/mol. The van der Waals surface area contributed by atoms with Crippen LogP contribution in [0.2, 0.25) is 10.0 Å². The molecule has 156 valence electrons. The molecule has 1 amide bonds. The van der Waals surface area contributed by atoms with Gasteiger partial charge in [-0.25, -0.2) is 4.79 Å². The number of ether oxygens (including phenoxy) is 2. The number of likely N-dealkylation sites (N-methyl/N-ethyl adjacent to an activating group) is 1. The van der Waals surface area contributed by atoms with E-state index >= 15 is 0 Å². The number of esters is 1. The highest BCUT2D eigenvalue weighted by molar-refractivity contribution is 6.35. The number of anilines is 1. The van der Waals surface area contributed by atoms with E-state index in [4.69, 9.17) is 32.7 Å². The van der Waals surface area contributed by atoms with E-state index in [0.717, 1.165) is 11.3 Å². The molecule has 0 aromatic heterocycles. The lowest BCUT2D eigenvalue weighted by Gasteiger charge is -2.19. The molecule has 0 radical (unpaired) electrons. The van der Waals surface area contributed by atoms with Crippen molar-refractivity contribution >= 4 is 40.8 Å². The van der Waals surface area contributed by atoms with Gasteiger partial charge in [-0.1, -0.05) is 35.3 Å². The topological polar surface area (TPSA) is 59.1 Å². The molecule has 0 aliphatic heterocycles. The quantitative estimate of drug-likeness (QED) is 0.582. The van der Waals surface area contributed by atoms with Crippen molar-refractivity contribution in [2.45, 2.75) is 19.6 Å².